The number of fused-ring (bicyclic) bond motifs is 1. The summed E-state index contributed by atoms with van der Waals surface area (Å²) in [5.74, 6) is 1.44. The molecule has 0 spiro atoms. The highest BCUT2D eigenvalue weighted by Gasteiger charge is 2.23. The van der Waals surface area contributed by atoms with Crippen molar-refractivity contribution in [2.45, 2.75) is 88.0 Å². The Morgan fingerprint density at radius 1 is 0.955 bits per heavy atom. The Hall–Kier alpha value is -0.780. The summed E-state index contributed by atoms with van der Waals surface area (Å²) in [5, 5.41) is 0. The normalized spacial score (nSPS) is 31.6. The molecule has 2 atom stereocenters. The zero-order valence-electron chi connectivity index (χ0n) is 16.7. The predicted molar refractivity (Wildman–Crippen MR) is 103 cm³/mol. The maximum Gasteiger partial charge on any atom is -0.00734 e. The van der Waals surface area contributed by atoms with Gasteiger partial charge in [0, 0.05) is 0 Å². The van der Waals surface area contributed by atoms with Crippen LogP contribution in [-0.2, 0) is 0 Å². The Bertz CT molecular complexity index is 404. The van der Waals surface area contributed by atoms with Gasteiger partial charge in [0.05, 0.1) is 0 Å². The third-order valence-electron chi connectivity index (χ3n) is 4.20. The topological polar surface area (TPSA) is 0 Å². The van der Waals surface area contributed by atoms with Crippen molar-refractivity contribution in [3.8, 4) is 0 Å². The minimum atomic E-state index is 0.305. The number of hydrogen-bond donors (Lipinski definition) is 0. The van der Waals surface area contributed by atoms with E-state index in [1.54, 1.807) is 11.1 Å². The van der Waals surface area contributed by atoms with Crippen LogP contribution in [0.3, 0.4) is 0 Å². The van der Waals surface area contributed by atoms with Gasteiger partial charge in [0.15, 0.2) is 0 Å². The monoisotopic (exact) mass is 304 g/mol. The number of allylic oxidation sites excluding steroid dienone is 6. The Kier molecular flexibility index (Phi) is 9.72. The molecule has 0 radical (unpaired) electrons. The molecule has 0 aromatic heterocycles. The summed E-state index contributed by atoms with van der Waals surface area (Å²) in [5.41, 5.74) is 5.10. The highest BCUT2D eigenvalue weighted by Crippen LogP contribution is 2.39. The van der Waals surface area contributed by atoms with E-state index in [0.717, 1.165) is 5.92 Å². The van der Waals surface area contributed by atoms with E-state index in [0.29, 0.717) is 11.3 Å². The summed E-state index contributed by atoms with van der Waals surface area (Å²) in [6.07, 6.45) is 12.6. The summed E-state index contributed by atoms with van der Waals surface area (Å²) in [6, 6.07) is 0. The quantitative estimate of drug-likeness (QED) is 0.402. The molecule has 128 valence electrons. The van der Waals surface area contributed by atoms with Crippen LogP contribution < -0.4 is 0 Å². The van der Waals surface area contributed by atoms with E-state index in [1.165, 1.54) is 31.3 Å². The van der Waals surface area contributed by atoms with Crippen molar-refractivity contribution < 1.29 is 0 Å². The van der Waals surface area contributed by atoms with Gasteiger partial charge in [-0.05, 0) is 61.0 Å². The summed E-state index contributed by atoms with van der Waals surface area (Å²) in [4.78, 5) is 0. The summed E-state index contributed by atoms with van der Waals surface area (Å²) < 4.78 is 0. The van der Waals surface area contributed by atoms with Gasteiger partial charge >= 0.3 is 0 Å². The molecule has 2 aliphatic carbocycles. The molecule has 0 N–H and O–H groups in total. The molecule has 0 aromatic rings. The Labute approximate surface area is 140 Å². The van der Waals surface area contributed by atoms with Crippen LogP contribution in [0.25, 0.3) is 0 Å². The van der Waals surface area contributed by atoms with Crippen LogP contribution in [0.15, 0.2) is 34.9 Å². The van der Waals surface area contributed by atoms with Crippen molar-refractivity contribution in [2.24, 2.45) is 17.3 Å². The van der Waals surface area contributed by atoms with Crippen molar-refractivity contribution in [3.63, 3.8) is 0 Å². The third-order valence-corrected chi connectivity index (χ3v) is 4.20. The van der Waals surface area contributed by atoms with Crippen molar-refractivity contribution in [1.82, 2.24) is 0 Å². The maximum atomic E-state index is 2.56. The lowest BCUT2D eigenvalue weighted by Gasteiger charge is -2.28. The van der Waals surface area contributed by atoms with Crippen molar-refractivity contribution in [2.75, 3.05) is 0 Å². The van der Waals surface area contributed by atoms with Crippen LogP contribution in [0.2, 0.25) is 0 Å². The summed E-state index contributed by atoms with van der Waals surface area (Å²) in [7, 11) is 0. The van der Waals surface area contributed by atoms with E-state index in [9.17, 15) is 0 Å². The van der Waals surface area contributed by atoms with Crippen molar-refractivity contribution in [1.29, 1.82) is 0 Å². The zero-order chi connectivity index (χ0) is 17.3. The zero-order valence-corrected chi connectivity index (χ0v) is 16.7. The average molecular weight is 305 g/mol. The summed E-state index contributed by atoms with van der Waals surface area (Å²) in [6.45, 7) is 19.8. The van der Waals surface area contributed by atoms with Crippen LogP contribution in [0.5, 0.6) is 0 Å². The number of rotatable bonds is 0. The molecule has 0 saturated heterocycles. The Morgan fingerprint density at radius 2 is 1.55 bits per heavy atom. The molecule has 0 heterocycles. The van der Waals surface area contributed by atoms with Gasteiger partial charge in [-0.25, -0.2) is 0 Å². The first-order valence-corrected chi connectivity index (χ1v) is 9.46. The van der Waals surface area contributed by atoms with Crippen LogP contribution in [0.1, 0.15) is 88.0 Å². The average Bonchev–Trinajstić information content (AvgIpc) is 2.48. The van der Waals surface area contributed by atoms with Crippen molar-refractivity contribution >= 4 is 0 Å². The molecule has 2 aliphatic rings. The minimum absolute atomic E-state index is 0.305. The van der Waals surface area contributed by atoms with Gasteiger partial charge in [0.1, 0.15) is 0 Å². The van der Waals surface area contributed by atoms with Gasteiger partial charge in [0.25, 0.3) is 0 Å². The molecule has 1 fully saturated rings. The fourth-order valence-corrected chi connectivity index (χ4v) is 3.63. The lowest BCUT2D eigenvalue weighted by atomic mass is 9.77. The third kappa shape index (κ3) is 6.99. The fourth-order valence-electron chi connectivity index (χ4n) is 3.63. The minimum Gasteiger partial charge on any atom is -0.0789 e. The molecule has 0 aromatic carbocycles. The van der Waals surface area contributed by atoms with E-state index >= 15 is 0 Å². The smallest absolute Gasteiger partial charge is 0.00734 e. The first-order chi connectivity index (χ1) is 10.4. The molecule has 0 nitrogen and oxygen atoms in total. The predicted octanol–water partition coefficient (Wildman–Crippen LogP) is 7.72. The van der Waals surface area contributed by atoms with Crippen molar-refractivity contribution in [3.05, 3.63) is 34.9 Å². The van der Waals surface area contributed by atoms with E-state index in [1.807, 2.05) is 27.7 Å². The molecule has 0 bridgehead atoms. The Balaban J connectivity index is 0.00000102. The van der Waals surface area contributed by atoms with Gasteiger partial charge in [-0.3, -0.25) is 0 Å². The Morgan fingerprint density at radius 3 is 2.14 bits per heavy atom. The van der Waals surface area contributed by atoms with Gasteiger partial charge in [-0.2, -0.15) is 0 Å². The maximum absolute atomic E-state index is 2.56. The van der Waals surface area contributed by atoms with Gasteiger partial charge < -0.3 is 0 Å². The first kappa shape index (κ1) is 21.2. The molecule has 2 unspecified atom stereocenters. The molecule has 0 amide bonds. The van der Waals surface area contributed by atoms with E-state index in [4.69, 9.17) is 0 Å². The lowest BCUT2D eigenvalue weighted by Crippen LogP contribution is -2.13. The van der Waals surface area contributed by atoms with Gasteiger partial charge in [-0.1, -0.05) is 79.2 Å². The molecular weight excluding hydrogens is 264 g/mol. The summed E-state index contributed by atoms with van der Waals surface area (Å²) >= 11 is 0. The van der Waals surface area contributed by atoms with Crippen LogP contribution in [0.4, 0.5) is 0 Å². The van der Waals surface area contributed by atoms with Gasteiger partial charge in [0.2, 0.25) is 0 Å². The molecular formula is C22H40. The van der Waals surface area contributed by atoms with Gasteiger partial charge in [-0.15, -0.1) is 0 Å². The first-order valence-electron chi connectivity index (χ1n) is 9.46. The molecule has 1 saturated carbocycles. The largest absolute Gasteiger partial charge is 0.0789 e. The molecule has 0 aliphatic heterocycles. The molecule has 0 heteroatoms. The van der Waals surface area contributed by atoms with Crippen LogP contribution >= 0.6 is 0 Å². The highest BCUT2D eigenvalue weighted by molar-refractivity contribution is 5.37. The standard InChI is InChI=1S/C18H28.2C2H6/c1-13-6-7-16-12-18(4,5)11-15(3)8-14(2)10-17(16)9-13;2*1-2/h8,10,12-14H,6-7,9,11H2,1-5H3;2*1-2H3/b15-8?,16-12-,17-10-;;. The van der Waals surface area contributed by atoms with E-state index in [2.05, 4.69) is 52.8 Å². The lowest BCUT2D eigenvalue weighted by molar-refractivity contribution is 0.455. The fraction of sp³-hybridized carbons (Fsp3) is 0.727. The second kappa shape index (κ2) is 10.1. The molecule has 22 heavy (non-hydrogen) atoms. The van der Waals surface area contributed by atoms with Crippen LogP contribution in [-0.4, -0.2) is 0 Å². The number of hydrogen-bond acceptors (Lipinski definition) is 0. The molecule has 2 rings (SSSR count). The van der Waals surface area contributed by atoms with E-state index in [-0.39, 0.29) is 0 Å². The second-order valence-corrected chi connectivity index (χ2v) is 7.25. The highest BCUT2D eigenvalue weighted by atomic mass is 14.3. The van der Waals surface area contributed by atoms with Crippen LogP contribution in [0, 0.1) is 17.3 Å². The SMILES string of the molecule is CC.CC.CC1=CC(C)/C=C2/CC(C)CC/C2=C/C(C)(C)C1. The van der Waals surface area contributed by atoms with E-state index < -0.39 is 0 Å². The second-order valence-electron chi connectivity index (χ2n) is 7.25.